The van der Waals surface area contributed by atoms with E-state index in [4.69, 9.17) is 9.26 Å². The van der Waals surface area contributed by atoms with Crippen LogP contribution >= 0.6 is 0 Å². The molecule has 3 rings (SSSR count). The first-order chi connectivity index (χ1) is 11.7. The van der Waals surface area contributed by atoms with E-state index in [9.17, 15) is 4.79 Å². The standard InChI is InChI=1S/C17H22N4O3/c1-3-20-6-8-21(9-7-20)17(22)16-10-15(24-19-16)12-23-14-5-4-13(2)18-11-14/h4-5,10-11H,3,6-9,12H2,1-2H3. The number of piperazine rings is 1. The Bertz CT molecular complexity index is 675. The van der Waals surface area contributed by atoms with Crippen molar-refractivity contribution in [1.29, 1.82) is 0 Å². The van der Waals surface area contributed by atoms with E-state index in [2.05, 4.69) is 22.0 Å². The van der Waals surface area contributed by atoms with Gasteiger partial charge in [-0.2, -0.15) is 0 Å². The average molecular weight is 330 g/mol. The first kappa shape index (κ1) is 16.4. The second-order valence-corrected chi connectivity index (χ2v) is 5.83. The Morgan fingerprint density at radius 1 is 1.29 bits per heavy atom. The van der Waals surface area contributed by atoms with Crippen LogP contribution in [0.25, 0.3) is 0 Å². The lowest BCUT2D eigenvalue weighted by Gasteiger charge is -2.33. The van der Waals surface area contributed by atoms with E-state index < -0.39 is 0 Å². The van der Waals surface area contributed by atoms with Crippen molar-refractivity contribution >= 4 is 5.91 Å². The van der Waals surface area contributed by atoms with Crippen molar-refractivity contribution in [2.75, 3.05) is 32.7 Å². The van der Waals surface area contributed by atoms with Crippen molar-refractivity contribution in [3.8, 4) is 5.75 Å². The summed E-state index contributed by atoms with van der Waals surface area (Å²) in [5, 5.41) is 3.88. The molecule has 0 spiro atoms. The fourth-order valence-corrected chi connectivity index (χ4v) is 2.61. The van der Waals surface area contributed by atoms with Gasteiger partial charge in [0.2, 0.25) is 0 Å². The number of likely N-dealkylation sites (N-methyl/N-ethyl adjacent to an activating group) is 1. The predicted octanol–water partition coefficient (Wildman–Crippen LogP) is 1.73. The van der Waals surface area contributed by atoms with Gasteiger partial charge in [0, 0.05) is 37.9 Å². The summed E-state index contributed by atoms with van der Waals surface area (Å²) in [5.74, 6) is 1.09. The molecular weight excluding hydrogens is 308 g/mol. The first-order valence-corrected chi connectivity index (χ1v) is 8.18. The van der Waals surface area contributed by atoms with Gasteiger partial charge in [-0.1, -0.05) is 12.1 Å². The molecule has 0 aliphatic carbocycles. The quantitative estimate of drug-likeness (QED) is 0.831. The Kier molecular flexibility index (Phi) is 5.10. The van der Waals surface area contributed by atoms with Gasteiger partial charge in [-0.3, -0.25) is 9.78 Å². The number of nitrogens with zero attached hydrogens (tertiary/aromatic N) is 4. The number of hydrogen-bond acceptors (Lipinski definition) is 6. The average Bonchev–Trinajstić information content (AvgIpc) is 3.10. The van der Waals surface area contributed by atoms with E-state index >= 15 is 0 Å². The van der Waals surface area contributed by atoms with E-state index in [0.29, 0.717) is 17.2 Å². The number of ether oxygens (including phenoxy) is 1. The maximum Gasteiger partial charge on any atom is 0.276 e. The van der Waals surface area contributed by atoms with Crippen molar-refractivity contribution < 1.29 is 14.1 Å². The molecule has 0 atom stereocenters. The molecule has 24 heavy (non-hydrogen) atoms. The third-order valence-electron chi connectivity index (χ3n) is 4.15. The predicted molar refractivity (Wildman–Crippen MR) is 87.8 cm³/mol. The summed E-state index contributed by atoms with van der Waals surface area (Å²) in [7, 11) is 0. The summed E-state index contributed by atoms with van der Waals surface area (Å²) in [4.78, 5) is 20.8. The SMILES string of the molecule is CCN1CCN(C(=O)c2cc(COc3ccc(C)nc3)on2)CC1. The summed E-state index contributed by atoms with van der Waals surface area (Å²) in [6.45, 7) is 8.52. The second-order valence-electron chi connectivity index (χ2n) is 5.83. The molecule has 2 aromatic rings. The number of amides is 1. The zero-order valence-corrected chi connectivity index (χ0v) is 14.1. The molecule has 1 fully saturated rings. The van der Waals surface area contributed by atoms with Crippen LogP contribution in [0.5, 0.6) is 5.75 Å². The summed E-state index contributed by atoms with van der Waals surface area (Å²) in [6.07, 6.45) is 1.66. The van der Waals surface area contributed by atoms with Crippen molar-refractivity contribution in [2.45, 2.75) is 20.5 Å². The smallest absolute Gasteiger partial charge is 0.276 e. The fraction of sp³-hybridized carbons (Fsp3) is 0.471. The molecule has 0 bridgehead atoms. The topological polar surface area (TPSA) is 71.7 Å². The number of aromatic nitrogens is 2. The molecule has 0 aromatic carbocycles. The molecule has 0 saturated carbocycles. The lowest BCUT2D eigenvalue weighted by atomic mass is 10.2. The number of aryl methyl sites for hydroxylation is 1. The van der Waals surface area contributed by atoms with Crippen LogP contribution < -0.4 is 4.74 Å². The molecule has 0 unspecified atom stereocenters. The normalized spacial score (nSPS) is 15.5. The van der Waals surface area contributed by atoms with Crippen molar-refractivity contribution in [3.05, 3.63) is 41.5 Å². The highest BCUT2D eigenvalue weighted by atomic mass is 16.5. The Hall–Kier alpha value is -2.41. The molecule has 7 nitrogen and oxygen atoms in total. The molecule has 0 radical (unpaired) electrons. The molecule has 3 heterocycles. The van der Waals surface area contributed by atoms with E-state index in [1.165, 1.54) is 0 Å². The summed E-state index contributed by atoms with van der Waals surface area (Å²) < 4.78 is 10.8. The second kappa shape index (κ2) is 7.44. The molecule has 2 aromatic heterocycles. The van der Waals surface area contributed by atoms with Gasteiger partial charge >= 0.3 is 0 Å². The zero-order valence-electron chi connectivity index (χ0n) is 14.1. The molecule has 1 aliphatic rings. The van der Waals surface area contributed by atoms with Gasteiger partial charge in [0.05, 0.1) is 6.20 Å². The number of rotatable bonds is 5. The summed E-state index contributed by atoms with van der Waals surface area (Å²) in [6, 6.07) is 5.37. The lowest BCUT2D eigenvalue weighted by Crippen LogP contribution is -2.48. The van der Waals surface area contributed by atoms with Crippen LogP contribution in [0.2, 0.25) is 0 Å². The van der Waals surface area contributed by atoms with E-state index in [0.717, 1.165) is 38.4 Å². The molecule has 1 aliphatic heterocycles. The van der Waals surface area contributed by atoms with Crippen LogP contribution in [0.4, 0.5) is 0 Å². The number of pyridine rings is 1. The van der Waals surface area contributed by atoms with Gasteiger partial charge < -0.3 is 19.1 Å². The van der Waals surface area contributed by atoms with Crippen LogP contribution in [0.3, 0.4) is 0 Å². The van der Waals surface area contributed by atoms with Crippen molar-refractivity contribution in [1.82, 2.24) is 19.9 Å². The van der Waals surface area contributed by atoms with Gasteiger partial charge in [-0.25, -0.2) is 0 Å². The Labute approximate surface area is 141 Å². The van der Waals surface area contributed by atoms with E-state index in [1.54, 1.807) is 12.3 Å². The summed E-state index contributed by atoms with van der Waals surface area (Å²) in [5.41, 5.74) is 1.26. The van der Waals surface area contributed by atoms with Crippen molar-refractivity contribution in [2.24, 2.45) is 0 Å². The monoisotopic (exact) mass is 330 g/mol. The Morgan fingerprint density at radius 3 is 2.75 bits per heavy atom. The highest BCUT2D eigenvalue weighted by molar-refractivity contribution is 5.92. The third kappa shape index (κ3) is 3.91. The van der Waals surface area contributed by atoms with Crippen LogP contribution in [-0.2, 0) is 6.61 Å². The van der Waals surface area contributed by atoms with Gasteiger partial charge in [-0.15, -0.1) is 0 Å². The van der Waals surface area contributed by atoms with Gasteiger partial charge in [-0.05, 0) is 25.6 Å². The lowest BCUT2D eigenvalue weighted by molar-refractivity contribution is 0.0633. The van der Waals surface area contributed by atoms with Crippen LogP contribution in [0, 0.1) is 6.92 Å². The summed E-state index contributed by atoms with van der Waals surface area (Å²) >= 11 is 0. The maximum absolute atomic E-state index is 12.5. The highest BCUT2D eigenvalue weighted by Crippen LogP contribution is 2.14. The number of carbonyl (C=O) groups is 1. The highest BCUT2D eigenvalue weighted by Gasteiger charge is 2.24. The molecule has 1 amide bonds. The van der Waals surface area contributed by atoms with E-state index in [1.807, 2.05) is 24.0 Å². The fourth-order valence-electron chi connectivity index (χ4n) is 2.61. The zero-order chi connectivity index (χ0) is 16.9. The number of carbonyl (C=O) groups excluding carboxylic acids is 1. The maximum atomic E-state index is 12.5. The van der Waals surface area contributed by atoms with Crippen LogP contribution in [0.1, 0.15) is 28.9 Å². The molecule has 7 heteroatoms. The Balaban J connectivity index is 1.55. The van der Waals surface area contributed by atoms with Gasteiger partial charge in [0.15, 0.2) is 11.5 Å². The number of hydrogen-bond donors (Lipinski definition) is 0. The molecule has 128 valence electrons. The molecule has 1 saturated heterocycles. The van der Waals surface area contributed by atoms with Gasteiger partial charge in [0.25, 0.3) is 5.91 Å². The van der Waals surface area contributed by atoms with Crippen LogP contribution in [-0.4, -0.2) is 58.6 Å². The minimum atomic E-state index is -0.0854. The minimum absolute atomic E-state index is 0.0854. The van der Waals surface area contributed by atoms with Crippen molar-refractivity contribution in [3.63, 3.8) is 0 Å². The third-order valence-corrected chi connectivity index (χ3v) is 4.15. The van der Waals surface area contributed by atoms with E-state index in [-0.39, 0.29) is 12.5 Å². The minimum Gasteiger partial charge on any atom is -0.484 e. The van der Waals surface area contributed by atoms with Crippen LogP contribution in [0.15, 0.2) is 28.9 Å². The molecular formula is C17H22N4O3. The van der Waals surface area contributed by atoms with Gasteiger partial charge in [0.1, 0.15) is 12.4 Å². The largest absolute Gasteiger partial charge is 0.484 e. The molecule has 0 N–H and O–H groups in total. The first-order valence-electron chi connectivity index (χ1n) is 8.18. The Morgan fingerprint density at radius 2 is 2.08 bits per heavy atom.